The van der Waals surface area contributed by atoms with Gasteiger partial charge in [-0.25, -0.2) is 4.79 Å². The molecule has 1 N–H and O–H groups in total. The van der Waals surface area contributed by atoms with Crippen LogP contribution in [0.5, 0.6) is 5.75 Å². The number of carbonyl (C=O) groups is 1. The van der Waals surface area contributed by atoms with Gasteiger partial charge in [0.2, 0.25) is 0 Å². The van der Waals surface area contributed by atoms with Crippen LogP contribution < -0.4 is 4.74 Å². The molecule has 1 aliphatic carbocycles. The zero-order valence-corrected chi connectivity index (χ0v) is 20.5. The molecule has 1 saturated carbocycles. The Bertz CT molecular complexity index is 1140. The van der Waals surface area contributed by atoms with E-state index in [1.807, 2.05) is 30.3 Å². The Kier molecular flexibility index (Phi) is 8.38. The number of hydrogen-bond acceptors (Lipinski definition) is 4. The van der Waals surface area contributed by atoms with Crippen LogP contribution in [0.2, 0.25) is 0 Å². The van der Waals surface area contributed by atoms with Gasteiger partial charge in [0.15, 0.2) is 0 Å². The number of benzene rings is 3. The van der Waals surface area contributed by atoms with Gasteiger partial charge in [0, 0.05) is 11.1 Å². The van der Waals surface area contributed by atoms with E-state index in [4.69, 9.17) is 9.47 Å². The fourth-order valence-corrected chi connectivity index (χ4v) is 4.64. The molecule has 35 heavy (non-hydrogen) atoms. The Morgan fingerprint density at radius 2 is 1.54 bits per heavy atom. The highest BCUT2D eigenvalue weighted by atomic mass is 16.6. The van der Waals surface area contributed by atoms with Crippen LogP contribution >= 0.6 is 0 Å². The molecule has 182 valence electrons. The van der Waals surface area contributed by atoms with Gasteiger partial charge in [-0.1, -0.05) is 86.5 Å². The average molecular weight is 471 g/mol. The van der Waals surface area contributed by atoms with Gasteiger partial charge in [-0.15, -0.1) is 0 Å². The van der Waals surface area contributed by atoms with Crippen molar-refractivity contribution in [2.24, 2.45) is 0 Å². The van der Waals surface area contributed by atoms with Crippen LogP contribution in [-0.2, 0) is 16.1 Å². The van der Waals surface area contributed by atoms with Crippen molar-refractivity contribution in [1.82, 2.24) is 0 Å². The predicted molar refractivity (Wildman–Crippen MR) is 140 cm³/mol. The van der Waals surface area contributed by atoms with E-state index in [0.717, 1.165) is 33.6 Å². The third-order valence-electron chi connectivity index (χ3n) is 6.67. The second-order valence-corrected chi connectivity index (χ2v) is 9.29. The van der Waals surface area contributed by atoms with E-state index < -0.39 is 5.97 Å². The first-order valence-corrected chi connectivity index (χ1v) is 12.4. The minimum Gasteiger partial charge on any atom is -0.489 e. The van der Waals surface area contributed by atoms with E-state index in [0.29, 0.717) is 11.5 Å². The van der Waals surface area contributed by atoms with Gasteiger partial charge in [0.25, 0.3) is 0 Å². The summed E-state index contributed by atoms with van der Waals surface area (Å²) in [5.41, 5.74) is 6.82. The molecule has 0 bridgehead atoms. The van der Waals surface area contributed by atoms with Crippen LogP contribution in [0.25, 0.3) is 22.3 Å². The summed E-state index contributed by atoms with van der Waals surface area (Å²) < 4.78 is 11.3. The molecule has 1 fully saturated rings. The van der Waals surface area contributed by atoms with Gasteiger partial charge in [0.1, 0.15) is 19.0 Å². The van der Waals surface area contributed by atoms with E-state index in [-0.39, 0.29) is 19.8 Å². The lowest BCUT2D eigenvalue weighted by molar-refractivity contribution is -0.139. The standard InChI is InChI=1S/C31H34O4/c1-22(2)31(33)35-19-18-34-30-20-28(16-17-29(30)27-10-8-23(21-32)9-11-27)26-14-12-25(13-15-26)24-6-4-3-5-7-24/h8-17,20,24,32H,1,3-7,18-19,21H2,2H3. The van der Waals surface area contributed by atoms with Crippen LogP contribution in [0.3, 0.4) is 0 Å². The molecule has 0 amide bonds. The number of ether oxygens (including phenoxy) is 2. The van der Waals surface area contributed by atoms with Crippen LogP contribution in [0.15, 0.2) is 78.9 Å². The normalized spacial score (nSPS) is 13.9. The Balaban J connectivity index is 1.56. The summed E-state index contributed by atoms with van der Waals surface area (Å²) in [5, 5.41) is 9.37. The second kappa shape index (κ2) is 11.9. The molecule has 0 heterocycles. The number of aliphatic hydroxyl groups is 1. The fourth-order valence-electron chi connectivity index (χ4n) is 4.64. The number of carbonyl (C=O) groups excluding carboxylic acids is 1. The lowest BCUT2D eigenvalue weighted by atomic mass is 9.83. The van der Waals surface area contributed by atoms with Crippen molar-refractivity contribution in [3.05, 3.63) is 90.0 Å². The molecular formula is C31H34O4. The highest BCUT2D eigenvalue weighted by Gasteiger charge is 2.16. The zero-order valence-electron chi connectivity index (χ0n) is 20.5. The molecule has 3 aromatic carbocycles. The molecule has 0 atom stereocenters. The topological polar surface area (TPSA) is 55.8 Å². The Morgan fingerprint density at radius 1 is 0.886 bits per heavy atom. The van der Waals surface area contributed by atoms with Gasteiger partial charge in [-0.2, -0.15) is 0 Å². The maximum Gasteiger partial charge on any atom is 0.333 e. The molecule has 0 aliphatic heterocycles. The largest absolute Gasteiger partial charge is 0.489 e. The van der Waals surface area contributed by atoms with E-state index >= 15 is 0 Å². The zero-order chi connectivity index (χ0) is 24.6. The van der Waals surface area contributed by atoms with E-state index in [1.165, 1.54) is 37.7 Å². The fraction of sp³-hybridized carbons (Fsp3) is 0.323. The Hall–Kier alpha value is -3.37. The first kappa shape index (κ1) is 24.7. The number of hydrogen-bond donors (Lipinski definition) is 1. The van der Waals surface area contributed by atoms with Crippen molar-refractivity contribution in [2.45, 2.75) is 51.6 Å². The summed E-state index contributed by atoms with van der Waals surface area (Å²) in [4.78, 5) is 11.7. The number of rotatable bonds is 9. The third kappa shape index (κ3) is 6.40. The summed E-state index contributed by atoms with van der Waals surface area (Å²) in [5.74, 6) is 0.991. The lowest BCUT2D eigenvalue weighted by Crippen LogP contribution is -2.12. The van der Waals surface area contributed by atoms with Gasteiger partial charge in [-0.3, -0.25) is 0 Å². The molecular weight excluding hydrogens is 436 g/mol. The Morgan fingerprint density at radius 3 is 2.20 bits per heavy atom. The molecule has 1 aliphatic rings. The van der Waals surface area contributed by atoms with E-state index in [2.05, 4.69) is 43.0 Å². The highest BCUT2D eigenvalue weighted by molar-refractivity contribution is 5.86. The van der Waals surface area contributed by atoms with Crippen molar-refractivity contribution in [1.29, 1.82) is 0 Å². The highest BCUT2D eigenvalue weighted by Crippen LogP contribution is 2.36. The summed E-state index contributed by atoms with van der Waals surface area (Å²) in [6.45, 7) is 5.63. The van der Waals surface area contributed by atoms with Crippen molar-refractivity contribution >= 4 is 5.97 Å². The molecule has 0 unspecified atom stereocenters. The van der Waals surface area contributed by atoms with Gasteiger partial charge < -0.3 is 14.6 Å². The van der Waals surface area contributed by atoms with Gasteiger partial charge in [-0.05, 0) is 59.6 Å². The quantitative estimate of drug-likeness (QED) is 0.207. The van der Waals surface area contributed by atoms with Crippen LogP contribution in [-0.4, -0.2) is 24.3 Å². The first-order chi connectivity index (χ1) is 17.0. The van der Waals surface area contributed by atoms with Crippen LogP contribution in [0, 0.1) is 0 Å². The molecule has 0 radical (unpaired) electrons. The lowest BCUT2D eigenvalue weighted by Gasteiger charge is -2.22. The smallest absolute Gasteiger partial charge is 0.333 e. The van der Waals surface area contributed by atoms with Crippen molar-refractivity contribution in [3.8, 4) is 28.0 Å². The SMILES string of the molecule is C=C(C)C(=O)OCCOc1cc(-c2ccc(C3CCCCC3)cc2)ccc1-c1ccc(CO)cc1. The van der Waals surface area contributed by atoms with Crippen LogP contribution in [0.1, 0.15) is 56.1 Å². The third-order valence-corrected chi connectivity index (χ3v) is 6.67. The van der Waals surface area contributed by atoms with E-state index in [1.54, 1.807) is 6.92 Å². The molecule has 0 spiro atoms. The molecule has 3 aromatic rings. The molecule has 4 rings (SSSR count). The van der Waals surface area contributed by atoms with Gasteiger partial charge >= 0.3 is 5.97 Å². The average Bonchev–Trinajstić information content (AvgIpc) is 2.91. The number of aliphatic hydroxyl groups excluding tert-OH is 1. The van der Waals surface area contributed by atoms with E-state index in [9.17, 15) is 9.90 Å². The summed E-state index contributed by atoms with van der Waals surface area (Å²) in [7, 11) is 0. The maximum atomic E-state index is 11.7. The second-order valence-electron chi connectivity index (χ2n) is 9.29. The van der Waals surface area contributed by atoms with Crippen molar-refractivity contribution in [3.63, 3.8) is 0 Å². The summed E-state index contributed by atoms with van der Waals surface area (Å²) in [6.07, 6.45) is 6.60. The van der Waals surface area contributed by atoms with Crippen molar-refractivity contribution < 1.29 is 19.4 Å². The molecule has 4 nitrogen and oxygen atoms in total. The van der Waals surface area contributed by atoms with Crippen LogP contribution in [0.4, 0.5) is 0 Å². The monoisotopic (exact) mass is 470 g/mol. The Labute approximate surface area is 208 Å². The van der Waals surface area contributed by atoms with Crippen molar-refractivity contribution in [2.75, 3.05) is 13.2 Å². The predicted octanol–water partition coefficient (Wildman–Crippen LogP) is 7.06. The molecule has 0 aromatic heterocycles. The summed E-state index contributed by atoms with van der Waals surface area (Å²) in [6, 6.07) is 22.9. The first-order valence-electron chi connectivity index (χ1n) is 12.4. The molecule has 0 saturated heterocycles. The minimum absolute atomic E-state index is 0.00746. The summed E-state index contributed by atoms with van der Waals surface area (Å²) >= 11 is 0. The maximum absolute atomic E-state index is 11.7. The molecule has 4 heteroatoms. The minimum atomic E-state index is -0.416. The van der Waals surface area contributed by atoms with Gasteiger partial charge in [0.05, 0.1) is 6.61 Å². The number of esters is 1.